The van der Waals surface area contributed by atoms with E-state index >= 15 is 0 Å². The van der Waals surface area contributed by atoms with Crippen molar-refractivity contribution in [3.63, 3.8) is 0 Å². The molecule has 0 atom stereocenters. The highest BCUT2D eigenvalue weighted by molar-refractivity contribution is 5.69. The van der Waals surface area contributed by atoms with E-state index in [-0.39, 0.29) is 5.97 Å². The van der Waals surface area contributed by atoms with Crippen molar-refractivity contribution in [2.45, 2.75) is 219 Å². The first-order valence-corrected chi connectivity index (χ1v) is 18.6. The van der Waals surface area contributed by atoms with Gasteiger partial charge in [-0.2, -0.15) is 0 Å². The largest absolute Gasteiger partial charge is 0.466 e. The lowest BCUT2D eigenvalue weighted by Gasteiger charge is -2.05. The zero-order valence-corrected chi connectivity index (χ0v) is 27.8. The Labute approximate surface area is 253 Å². The van der Waals surface area contributed by atoms with Crippen molar-refractivity contribution in [2.75, 3.05) is 6.61 Å². The van der Waals surface area contributed by atoms with E-state index in [1.807, 2.05) is 0 Å². The van der Waals surface area contributed by atoms with Gasteiger partial charge in [0.25, 0.3) is 0 Å². The molecule has 0 saturated heterocycles. The molecule has 0 aliphatic heterocycles. The summed E-state index contributed by atoms with van der Waals surface area (Å²) in [5.74, 6) is 0.0181. The SMILES string of the molecule is CCCCCCCC/C=C\CCCCCCCC(=O)OCCCCCCCCCCCCCCCCCCCC. The topological polar surface area (TPSA) is 26.3 Å². The maximum Gasteiger partial charge on any atom is 0.305 e. The van der Waals surface area contributed by atoms with Gasteiger partial charge in [-0.1, -0.05) is 187 Å². The van der Waals surface area contributed by atoms with Gasteiger partial charge in [0, 0.05) is 6.42 Å². The van der Waals surface area contributed by atoms with Crippen LogP contribution in [-0.4, -0.2) is 12.6 Å². The monoisotopic (exact) mass is 563 g/mol. The third-order valence-corrected chi connectivity index (χ3v) is 8.40. The van der Waals surface area contributed by atoms with Crippen LogP contribution in [0.4, 0.5) is 0 Å². The Kier molecular flexibility index (Phi) is 35.5. The van der Waals surface area contributed by atoms with Gasteiger partial charge in [0.05, 0.1) is 6.61 Å². The molecule has 0 spiro atoms. The summed E-state index contributed by atoms with van der Waals surface area (Å²) in [5, 5.41) is 0. The van der Waals surface area contributed by atoms with E-state index < -0.39 is 0 Å². The van der Waals surface area contributed by atoms with Gasteiger partial charge in [0.2, 0.25) is 0 Å². The molecule has 0 unspecified atom stereocenters. The zero-order chi connectivity index (χ0) is 29.0. The minimum atomic E-state index is 0.0181. The van der Waals surface area contributed by atoms with E-state index in [2.05, 4.69) is 26.0 Å². The van der Waals surface area contributed by atoms with Crippen molar-refractivity contribution in [2.24, 2.45) is 0 Å². The van der Waals surface area contributed by atoms with E-state index in [1.54, 1.807) is 0 Å². The molecule has 0 aliphatic carbocycles. The van der Waals surface area contributed by atoms with E-state index in [9.17, 15) is 4.79 Å². The quantitative estimate of drug-likeness (QED) is 0.0443. The summed E-state index contributed by atoms with van der Waals surface area (Å²) in [4.78, 5) is 11.9. The third kappa shape index (κ3) is 35.2. The number of esters is 1. The molecular formula is C38H74O2. The third-order valence-electron chi connectivity index (χ3n) is 8.40. The maximum absolute atomic E-state index is 11.9. The van der Waals surface area contributed by atoms with Crippen LogP contribution in [0.5, 0.6) is 0 Å². The lowest BCUT2D eigenvalue weighted by molar-refractivity contribution is -0.143. The fourth-order valence-electron chi connectivity index (χ4n) is 5.60. The number of unbranched alkanes of at least 4 members (excludes halogenated alkanes) is 28. The number of carbonyl (C=O) groups excluding carboxylic acids is 1. The van der Waals surface area contributed by atoms with Crippen molar-refractivity contribution in [3.05, 3.63) is 12.2 Å². The zero-order valence-electron chi connectivity index (χ0n) is 27.8. The second kappa shape index (κ2) is 36.2. The first-order chi connectivity index (χ1) is 19.8. The van der Waals surface area contributed by atoms with Crippen LogP contribution in [-0.2, 0) is 9.53 Å². The molecule has 0 bridgehead atoms. The minimum absolute atomic E-state index is 0.0181. The van der Waals surface area contributed by atoms with Crippen LogP contribution in [0.15, 0.2) is 12.2 Å². The Balaban J connectivity index is 3.18. The number of hydrogen-bond acceptors (Lipinski definition) is 2. The van der Waals surface area contributed by atoms with Gasteiger partial charge in [-0.3, -0.25) is 4.79 Å². The van der Waals surface area contributed by atoms with Crippen molar-refractivity contribution in [3.8, 4) is 0 Å². The molecule has 0 N–H and O–H groups in total. The summed E-state index contributed by atoms with van der Waals surface area (Å²) in [6.45, 7) is 5.20. The number of allylic oxidation sites excluding steroid dienone is 2. The molecule has 0 fully saturated rings. The van der Waals surface area contributed by atoms with E-state index in [4.69, 9.17) is 4.74 Å². The minimum Gasteiger partial charge on any atom is -0.466 e. The first-order valence-electron chi connectivity index (χ1n) is 18.6. The molecule has 0 saturated carbocycles. The van der Waals surface area contributed by atoms with Gasteiger partial charge in [-0.15, -0.1) is 0 Å². The van der Waals surface area contributed by atoms with E-state index in [0.717, 1.165) is 19.3 Å². The molecule has 40 heavy (non-hydrogen) atoms. The maximum atomic E-state index is 11.9. The lowest BCUT2D eigenvalue weighted by Crippen LogP contribution is -2.05. The van der Waals surface area contributed by atoms with Gasteiger partial charge < -0.3 is 4.74 Å². The molecular weight excluding hydrogens is 488 g/mol. The molecule has 2 heteroatoms. The van der Waals surface area contributed by atoms with Gasteiger partial charge >= 0.3 is 5.97 Å². The second-order valence-corrected chi connectivity index (χ2v) is 12.6. The number of hydrogen-bond donors (Lipinski definition) is 0. The van der Waals surface area contributed by atoms with Crippen LogP contribution < -0.4 is 0 Å². The molecule has 0 aromatic heterocycles. The fraction of sp³-hybridized carbons (Fsp3) is 0.921. The van der Waals surface area contributed by atoms with Gasteiger partial charge in [0.1, 0.15) is 0 Å². The van der Waals surface area contributed by atoms with Crippen molar-refractivity contribution >= 4 is 5.97 Å². The highest BCUT2D eigenvalue weighted by atomic mass is 16.5. The average Bonchev–Trinajstić information content (AvgIpc) is 2.96. The van der Waals surface area contributed by atoms with Crippen LogP contribution in [0.3, 0.4) is 0 Å². The molecule has 0 aliphatic rings. The Bertz CT molecular complexity index is 498. The highest BCUT2D eigenvalue weighted by Gasteiger charge is 2.02. The predicted octanol–water partition coefficient (Wildman–Crippen LogP) is 13.6. The molecule has 0 rings (SSSR count). The smallest absolute Gasteiger partial charge is 0.305 e. The van der Waals surface area contributed by atoms with Crippen LogP contribution in [0.25, 0.3) is 0 Å². The summed E-state index contributed by atoms with van der Waals surface area (Å²) in [5.41, 5.74) is 0. The van der Waals surface area contributed by atoms with Gasteiger partial charge in [-0.05, 0) is 38.5 Å². The summed E-state index contributed by atoms with van der Waals surface area (Å²) < 4.78 is 5.44. The summed E-state index contributed by atoms with van der Waals surface area (Å²) >= 11 is 0. The first kappa shape index (κ1) is 39.2. The second-order valence-electron chi connectivity index (χ2n) is 12.6. The molecule has 2 nitrogen and oxygen atoms in total. The predicted molar refractivity (Wildman–Crippen MR) is 179 cm³/mol. The Morgan fingerprint density at radius 3 is 1.07 bits per heavy atom. The Hall–Kier alpha value is -0.790. The number of carbonyl (C=O) groups is 1. The van der Waals surface area contributed by atoms with E-state index in [1.165, 1.54) is 180 Å². The van der Waals surface area contributed by atoms with E-state index in [0.29, 0.717) is 13.0 Å². The molecule has 0 aromatic carbocycles. The average molecular weight is 563 g/mol. The lowest BCUT2D eigenvalue weighted by atomic mass is 10.0. The molecule has 238 valence electrons. The Morgan fingerprint density at radius 1 is 0.400 bits per heavy atom. The van der Waals surface area contributed by atoms with Crippen molar-refractivity contribution < 1.29 is 9.53 Å². The molecule has 0 heterocycles. The molecule has 0 radical (unpaired) electrons. The summed E-state index contributed by atoms with van der Waals surface area (Å²) in [7, 11) is 0. The van der Waals surface area contributed by atoms with Gasteiger partial charge in [0.15, 0.2) is 0 Å². The fourth-order valence-corrected chi connectivity index (χ4v) is 5.60. The normalized spacial score (nSPS) is 11.6. The Morgan fingerprint density at radius 2 is 0.700 bits per heavy atom. The van der Waals surface area contributed by atoms with Crippen molar-refractivity contribution in [1.29, 1.82) is 0 Å². The summed E-state index contributed by atoms with van der Waals surface area (Å²) in [6.07, 6.45) is 47.1. The van der Waals surface area contributed by atoms with Crippen LogP contribution in [0.2, 0.25) is 0 Å². The highest BCUT2D eigenvalue weighted by Crippen LogP contribution is 2.15. The summed E-state index contributed by atoms with van der Waals surface area (Å²) in [6, 6.07) is 0. The van der Waals surface area contributed by atoms with Crippen LogP contribution in [0, 0.1) is 0 Å². The standard InChI is InChI=1S/C38H74O2/c1-3-5-7-9-11-13-15-17-19-20-21-23-25-27-29-31-33-35-37-40-38(39)36-34-32-30-28-26-24-22-18-16-14-12-10-8-6-4-2/h18,22H,3-17,19-21,23-37H2,1-2H3/b22-18-. The number of ether oxygens (including phenoxy) is 1. The van der Waals surface area contributed by atoms with Crippen LogP contribution in [0.1, 0.15) is 219 Å². The number of rotatable bonds is 34. The van der Waals surface area contributed by atoms with Gasteiger partial charge in [-0.25, -0.2) is 0 Å². The van der Waals surface area contributed by atoms with Crippen LogP contribution >= 0.6 is 0 Å². The molecule has 0 aromatic rings. The van der Waals surface area contributed by atoms with Crippen molar-refractivity contribution in [1.82, 2.24) is 0 Å². The molecule has 0 amide bonds.